The van der Waals surface area contributed by atoms with Crippen molar-refractivity contribution in [2.45, 2.75) is 10.5 Å². The Hall–Kier alpha value is 0.111. The maximum absolute atomic E-state index is 5.42. The van der Waals surface area contributed by atoms with Gasteiger partial charge in [-0.3, -0.25) is 0 Å². The van der Waals surface area contributed by atoms with Crippen LogP contribution in [0, 0.1) is 0 Å². The standard InChI is InChI=1S/C7H11NSi.2CH3.Ti/c8-6-9-7-4-2-1-3-5-7;;;/h1-5H,6,8-9H2;2*1H3;. The predicted molar refractivity (Wildman–Crippen MR) is 55.4 cm³/mol. The second-order valence-electron chi connectivity index (χ2n) is 2.52. The van der Waals surface area contributed by atoms with Crippen molar-refractivity contribution in [3.63, 3.8) is 0 Å². The van der Waals surface area contributed by atoms with Gasteiger partial charge in [0.15, 0.2) is 0 Å². The van der Waals surface area contributed by atoms with Crippen molar-refractivity contribution >= 4 is 14.7 Å². The summed E-state index contributed by atoms with van der Waals surface area (Å²) in [5, 5.41) is 5.96. The molecule has 0 aliphatic carbocycles. The molecular weight excluding hydrogens is 198 g/mol. The van der Waals surface area contributed by atoms with E-state index in [2.05, 4.69) is 34.7 Å². The van der Waals surface area contributed by atoms with Crippen LogP contribution in [0.5, 0.6) is 0 Å². The Morgan fingerprint density at radius 1 is 1.25 bits per heavy atom. The Bertz CT molecular complexity index is 179. The Balaban J connectivity index is 0.000000354. The predicted octanol–water partition coefficient (Wildman–Crippen LogP) is 0.562. The summed E-state index contributed by atoms with van der Waals surface area (Å²) in [5.41, 5.74) is 5.42. The maximum atomic E-state index is 5.42. The molecule has 0 aliphatic heterocycles. The fourth-order valence-corrected chi connectivity index (χ4v) is 1.75. The molecule has 0 aromatic heterocycles. The normalized spacial score (nSPS) is 9.25. The van der Waals surface area contributed by atoms with Crippen LogP contribution in [0.2, 0.25) is 10.5 Å². The Labute approximate surface area is 86.5 Å². The van der Waals surface area contributed by atoms with Crippen molar-refractivity contribution in [3.05, 3.63) is 30.3 Å². The van der Waals surface area contributed by atoms with Crippen LogP contribution in [0.3, 0.4) is 0 Å². The van der Waals surface area contributed by atoms with Crippen molar-refractivity contribution < 1.29 is 19.2 Å². The van der Waals surface area contributed by atoms with Gasteiger partial charge in [-0.2, -0.15) is 0 Å². The third-order valence-corrected chi connectivity index (χ3v) is 2.61. The van der Waals surface area contributed by atoms with Crippen molar-refractivity contribution in [3.8, 4) is 0 Å². The molecule has 1 aromatic carbocycles. The Kier molecular flexibility index (Phi) is 9.29. The van der Waals surface area contributed by atoms with Crippen molar-refractivity contribution in [2.24, 2.45) is 5.73 Å². The van der Waals surface area contributed by atoms with Crippen molar-refractivity contribution in [2.75, 3.05) is 6.17 Å². The summed E-state index contributed by atoms with van der Waals surface area (Å²) >= 11 is 0.500. The molecule has 0 fully saturated rings. The molecule has 0 saturated heterocycles. The first-order valence-electron chi connectivity index (χ1n) is 4.17. The third-order valence-electron chi connectivity index (χ3n) is 1.28. The molecule has 66 valence electrons. The summed E-state index contributed by atoms with van der Waals surface area (Å²) in [4.78, 5) is 0. The fourth-order valence-electron chi connectivity index (χ4n) is 0.811. The quantitative estimate of drug-likeness (QED) is 0.717. The molecule has 1 rings (SSSR count). The molecule has 0 radical (unpaired) electrons. The van der Waals surface area contributed by atoms with E-state index in [4.69, 9.17) is 5.73 Å². The molecular formula is C9H17NSiTi. The minimum atomic E-state index is -0.123. The molecule has 0 heterocycles. The van der Waals surface area contributed by atoms with E-state index in [9.17, 15) is 0 Å². The van der Waals surface area contributed by atoms with E-state index >= 15 is 0 Å². The summed E-state index contributed by atoms with van der Waals surface area (Å²) in [7, 11) is -0.123. The SMILES string of the molecule is NC[SiH2]c1ccccc1.[CH3][Ti][CH3]. The molecule has 0 amide bonds. The van der Waals surface area contributed by atoms with Gasteiger partial charge in [0.05, 0.1) is 9.52 Å². The van der Waals surface area contributed by atoms with Gasteiger partial charge >= 0.3 is 29.6 Å². The van der Waals surface area contributed by atoms with Crippen LogP contribution in [-0.4, -0.2) is 15.7 Å². The second-order valence-corrected chi connectivity index (χ2v) is 5.98. The molecule has 3 heteroatoms. The molecule has 0 bridgehead atoms. The first kappa shape index (κ1) is 12.1. The molecule has 0 aliphatic rings. The summed E-state index contributed by atoms with van der Waals surface area (Å²) in [6.07, 6.45) is 0.879. The van der Waals surface area contributed by atoms with Gasteiger partial charge < -0.3 is 5.73 Å². The van der Waals surface area contributed by atoms with Crippen LogP contribution in [0.25, 0.3) is 0 Å². The Morgan fingerprint density at radius 3 is 2.17 bits per heavy atom. The van der Waals surface area contributed by atoms with Crippen LogP contribution in [0.15, 0.2) is 30.3 Å². The van der Waals surface area contributed by atoms with Gasteiger partial charge in [0.1, 0.15) is 0 Å². The minimum absolute atomic E-state index is 0.123. The second kappa shape index (κ2) is 9.20. The molecule has 12 heavy (non-hydrogen) atoms. The van der Waals surface area contributed by atoms with Crippen molar-refractivity contribution in [1.29, 1.82) is 0 Å². The molecule has 0 atom stereocenters. The zero-order valence-corrected chi connectivity index (χ0v) is 10.9. The van der Waals surface area contributed by atoms with E-state index < -0.39 is 0 Å². The summed E-state index contributed by atoms with van der Waals surface area (Å²) in [6, 6.07) is 10.5. The molecule has 0 unspecified atom stereocenters. The van der Waals surface area contributed by atoms with E-state index in [1.54, 1.807) is 0 Å². The zero-order valence-electron chi connectivity index (χ0n) is 7.88. The number of nitrogens with two attached hydrogens (primary N) is 1. The first-order valence-corrected chi connectivity index (χ1v) is 9.00. The molecule has 0 saturated carbocycles. The van der Waals surface area contributed by atoms with Gasteiger partial charge in [-0.15, -0.1) is 0 Å². The van der Waals surface area contributed by atoms with Gasteiger partial charge in [-0.25, -0.2) is 0 Å². The molecule has 1 nitrogen and oxygen atoms in total. The van der Waals surface area contributed by atoms with Gasteiger partial charge in [-0.1, -0.05) is 35.5 Å². The zero-order chi connectivity index (χ0) is 9.23. The summed E-state index contributed by atoms with van der Waals surface area (Å²) in [6.45, 7) is 0. The number of hydrogen-bond acceptors (Lipinski definition) is 1. The van der Waals surface area contributed by atoms with E-state index in [0.29, 0.717) is 19.2 Å². The van der Waals surface area contributed by atoms with Crippen LogP contribution in [-0.2, 0) is 19.2 Å². The number of rotatable bonds is 2. The fraction of sp³-hybridized carbons (Fsp3) is 0.333. The molecule has 1 aromatic rings. The molecule has 2 N–H and O–H groups in total. The average Bonchev–Trinajstić information content (AvgIpc) is 2.08. The summed E-state index contributed by atoms with van der Waals surface area (Å²) in [5.74, 6) is 0. The van der Waals surface area contributed by atoms with E-state index in [1.807, 2.05) is 6.07 Å². The Morgan fingerprint density at radius 2 is 1.75 bits per heavy atom. The summed E-state index contributed by atoms with van der Waals surface area (Å²) < 4.78 is 0. The third kappa shape index (κ3) is 6.80. The van der Waals surface area contributed by atoms with Crippen molar-refractivity contribution in [1.82, 2.24) is 0 Å². The van der Waals surface area contributed by atoms with Crippen LogP contribution in [0.1, 0.15) is 0 Å². The monoisotopic (exact) mass is 215 g/mol. The van der Waals surface area contributed by atoms with E-state index in [-0.39, 0.29) is 9.52 Å². The number of hydrogen-bond donors (Lipinski definition) is 1. The van der Waals surface area contributed by atoms with Gasteiger partial charge in [0, 0.05) is 0 Å². The number of benzene rings is 1. The van der Waals surface area contributed by atoms with Crippen LogP contribution >= 0.6 is 0 Å². The van der Waals surface area contributed by atoms with Gasteiger partial charge in [0.25, 0.3) is 0 Å². The first-order chi connectivity index (χ1) is 5.85. The van der Waals surface area contributed by atoms with Gasteiger partial charge in [-0.05, 0) is 6.17 Å². The van der Waals surface area contributed by atoms with Crippen LogP contribution < -0.4 is 10.9 Å². The topological polar surface area (TPSA) is 26.0 Å². The van der Waals surface area contributed by atoms with Gasteiger partial charge in [0.2, 0.25) is 0 Å². The van der Waals surface area contributed by atoms with E-state index in [0.717, 1.165) is 6.17 Å². The van der Waals surface area contributed by atoms with E-state index in [1.165, 1.54) is 5.19 Å². The molecule has 0 spiro atoms. The average molecular weight is 215 g/mol. The van der Waals surface area contributed by atoms with Crippen LogP contribution in [0.4, 0.5) is 0 Å².